The van der Waals surface area contributed by atoms with Crippen molar-refractivity contribution in [1.29, 1.82) is 0 Å². The zero-order valence-electron chi connectivity index (χ0n) is 18.4. The molecule has 4 nitrogen and oxygen atoms in total. The zero-order valence-corrected chi connectivity index (χ0v) is 18.4. The molecule has 28 heavy (non-hydrogen) atoms. The lowest BCUT2D eigenvalue weighted by atomic mass is 9.70. The standard InChI is InChI=1S/C24H36N2O2/c1-21(2)17-7-9-23(21,5)19(27)15(17)13-25-11-12-26-14-16-18-8-10-24(6,20(16)28)22(18,3)4/h13-14,17-18,25-26H,7-12H2,1-6H3/b15-13-,16-14-. The summed E-state index contributed by atoms with van der Waals surface area (Å²) in [5.74, 6) is 1.42. The number of Topliss-reactive ketones (excluding diaryl/α,β-unsaturated/α-hetero) is 2. The van der Waals surface area contributed by atoms with Gasteiger partial charge in [-0.05, 0) is 48.3 Å². The van der Waals surface area contributed by atoms with E-state index < -0.39 is 0 Å². The van der Waals surface area contributed by atoms with E-state index in [2.05, 4.69) is 52.2 Å². The topological polar surface area (TPSA) is 58.2 Å². The van der Waals surface area contributed by atoms with E-state index in [4.69, 9.17) is 0 Å². The summed E-state index contributed by atoms with van der Waals surface area (Å²) in [6, 6.07) is 0. The Morgan fingerprint density at radius 1 is 0.750 bits per heavy atom. The Balaban J connectivity index is 1.32. The van der Waals surface area contributed by atoms with Crippen molar-refractivity contribution in [3.05, 3.63) is 23.5 Å². The lowest BCUT2D eigenvalue weighted by Gasteiger charge is -2.31. The molecule has 4 saturated carbocycles. The first-order chi connectivity index (χ1) is 13.0. The maximum atomic E-state index is 12.8. The minimum atomic E-state index is -0.196. The van der Waals surface area contributed by atoms with Crippen molar-refractivity contribution in [3.63, 3.8) is 0 Å². The van der Waals surface area contributed by atoms with Crippen LogP contribution in [0, 0.1) is 33.5 Å². The van der Waals surface area contributed by atoms with Gasteiger partial charge in [0.25, 0.3) is 0 Å². The monoisotopic (exact) mass is 384 g/mol. The zero-order chi connectivity index (χ0) is 20.5. The Kier molecular flexibility index (Phi) is 4.20. The largest absolute Gasteiger partial charge is 0.389 e. The number of hydrogen-bond donors (Lipinski definition) is 2. The Hall–Kier alpha value is -1.58. The number of rotatable bonds is 5. The number of carbonyl (C=O) groups excluding carboxylic acids is 2. The molecule has 4 aliphatic carbocycles. The second-order valence-electron chi connectivity index (χ2n) is 11.1. The van der Waals surface area contributed by atoms with Crippen LogP contribution in [0.15, 0.2) is 23.5 Å². The molecule has 0 amide bonds. The molecule has 154 valence electrons. The fourth-order valence-electron chi connectivity index (χ4n) is 6.70. The third-order valence-corrected chi connectivity index (χ3v) is 9.66. The van der Waals surface area contributed by atoms with Gasteiger partial charge in [0, 0.05) is 47.5 Å². The summed E-state index contributed by atoms with van der Waals surface area (Å²) < 4.78 is 0. The van der Waals surface area contributed by atoms with Crippen molar-refractivity contribution < 1.29 is 9.59 Å². The third kappa shape index (κ3) is 2.23. The lowest BCUT2D eigenvalue weighted by molar-refractivity contribution is -0.126. The summed E-state index contributed by atoms with van der Waals surface area (Å²) in [6.45, 7) is 14.7. The quantitative estimate of drug-likeness (QED) is 0.556. The molecule has 0 aromatic heterocycles. The van der Waals surface area contributed by atoms with Crippen molar-refractivity contribution in [2.24, 2.45) is 33.5 Å². The van der Waals surface area contributed by atoms with Crippen molar-refractivity contribution in [3.8, 4) is 0 Å². The average Bonchev–Trinajstić information content (AvgIpc) is 3.10. The summed E-state index contributed by atoms with van der Waals surface area (Å²) in [4.78, 5) is 25.7. The van der Waals surface area contributed by atoms with Crippen LogP contribution in [0.1, 0.15) is 67.2 Å². The number of nitrogens with one attached hydrogen (secondary N) is 2. The summed E-state index contributed by atoms with van der Waals surface area (Å²) in [5, 5.41) is 6.66. The van der Waals surface area contributed by atoms with Crippen molar-refractivity contribution >= 4 is 11.6 Å². The first-order valence-corrected chi connectivity index (χ1v) is 10.9. The van der Waals surface area contributed by atoms with Gasteiger partial charge < -0.3 is 10.6 Å². The van der Waals surface area contributed by atoms with Crippen molar-refractivity contribution in [1.82, 2.24) is 10.6 Å². The van der Waals surface area contributed by atoms with Crippen LogP contribution >= 0.6 is 0 Å². The SMILES string of the molecule is CC12CCC(/C(=C/NCCN/C=C3\C(=O)C4(C)CCC3C4(C)C)C1=O)C2(C)C. The summed E-state index contributed by atoms with van der Waals surface area (Å²) >= 11 is 0. The van der Waals surface area contributed by atoms with Crippen LogP contribution in [0.5, 0.6) is 0 Å². The maximum absolute atomic E-state index is 12.8. The van der Waals surface area contributed by atoms with Crippen LogP contribution in [-0.2, 0) is 9.59 Å². The predicted molar refractivity (Wildman–Crippen MR) is 111 cm³/mol. The van der Waals surface area contributed by atoms with Crippen LogP contribution in [0.4, 0.5) is 0 Å². The van der Waals surface area contributed by atoms with Crippen LogP contribution < -0.4 is 10.6 Å². The van der Waals surface area contributed by atoms with Crippen LogP contribution in [0.3, 0.4) is 0 Å². The van der Waals surface area contributed by atoms with E-state index in [9.17, 15) is 9.59 Å². The average molecular weight is 385 g/mol. The Morgan fingerprint density at radius 2 is 1.11 bits per heavy atom. The van der Waals surface area contributed by atoms with Gasteiger partial charge in [-0.2, -0.15) is 0 Å². The van der Waals surface area contributed by atoms with Gasteiger partial charge in [-0.3, -0.25) is 9.59 Å². The molecule has 0 aromatic carbocycles. The van der Waals surface area contributed by atoms with Gasteiger partial charge in [-0.1, -0.05) is 41.5 Å². The molecule has 0 saturated heterocycles. The summed E-state index contributed by atoms with van der Waals surface area (Å²) in [6.07, 6.45) is 8.18. The minimum absolute atomic E-state index is 0.0608. The number of ketones is 2. The van der Waals surface area contributed by atoms with Gasteiger partial charge in [-0.25, -0.2) is 0 Å². The molecule has 4 heteroatoms. The third-order valence-electron chi connectivity index (χ3n) is 9.66. The predicted octanol–water partition coefficient (Wildman–Crippen LogP) is 3.98. The molecule has 0 aliphatic heterocycles. The van der Waals surface area contributed by atoms with Gasteiger partial charge in [0.05, 0.1) is 0 Å². The molecular weight excluding hydrogens is 348 g/mol. The van der Waals surface area contributed by atoms with Crippen LogP contribution in [-0.4, -0.2) is 24.7 Å². The van der Waals surface area contributed by atoms with Crippen molar-refractivity contribution in [2.45, 2.75) is 67.2 Å². The molecule has 4 fully saturated rings. The number of allylic oxidation sites excluding steroid dienone is 2. The van der Waals surface area contributed by atoms with E-state index in [1.807, 2.05) is 12.4 Å². The van der Waals surface area contributed by atoms with Crippen LogP contribution in [0.25, 0.3) is 0 Å². The van der Waals surface area contributed by atoms with E-state index in [1.54, 1.807) is 0 Å². The maximum Gasteiger partial charge on any atom is 0.167 e. The molecule has 0 aromatic rings. The number of hydrogen-bond acceptors (Lipinski definition) is 4. The summed E-state index contributed by atoms with van der Waals surface area (Å²) in [7, 11) is 0. The van der Waals surface area contributed by atoms with Gasteiger partial charge >= 0.3 is 0 Å². The fraction of sp³-hybridized carbons (Fsp3) is 0.750. The highest BCUT2D eigenvalue weighted by atomic mass is 16.1. The normalized spacial score (nSPS) is 42.8. The lowest BCUT2D eigenvalue weighted by Crippen LogP contribution is -2.32. The molecule has 0 spiro atoms. The molecule has 4 unspecified atom stereocenters. The second kappa shape index (κ2) is 5.96. The Bertz CT molecular complexity index is 724. The molecule has 0 radical (unpaired) electrons. The molecule has 2 N–H and O–H groups in total. The highest BCUT2D eigenvalue weighted by Crippen LogP contribution is 2.66. The molecule has 4 aliphatic rings. The first-order valence-electron chi connectivity index (χ1n) is 10.9. The summed E-state index contributed by atoms with van der Waals surface area (Å²) in [5.41, 5.74) is 1.69. The molecule has 4 bridgehead atoms. The van der Waals surface area contributed by atoms with E-state index in [-0.39, 0.29) is 21.7 Å². The Morgan fingerprint density at radius 3 is 1.39 bits per heavy atom. The smallest absolute Gasteiger partial charge is 0.167 e. The van der Waals surface area contributed by atoms with E-state index in [1.165, 1.54) is 0 Å². The van der Waals surface area contributed by atoms with E-state index in [0.29, 0.717) is 23.4 Å². The van der Waals surface area contributed by atoms with Crippen molar-refractivity contribution in [2.75, 3.05) is 13.1 Å². The molecule has 4 atom stereocenters. The molecular formula is C24H36N2O2. The number of fused-ring (bicyclic) bond motifs is 4. The first kappa shape index (κ1) is 19.7. The molecule has 0 heterocycles. The minimum Gasteiger partial charge on any atom is -0.389 e. The second-order valence-corrected chi connectivity index (χ2v) is 11.1. The van der Waals surface area contributed by atoms with Crippen LogP contribution in [0.2, 0.25) is 0 Å². The van der Waals surface area contributed by atoms with Gasteiger partial charge in [-0.15, -0.1) is 0 Å². The van der Waals surface area contributed by atoms with Gasteiger partial charge in [0.15, 0.2) is 11.6 Å². The number of carbonyl (C=O) groups is 2. The highest BCUT2D eigenvalue weighted by molar-refractivity contribution is 6.05. The van der Waals surface area contributed by atoms with Gasteiger partial charge in [0.2, 0.25) is 0 Å². The highest BCUT2D eigenvalue weighted by Gasteiger charge is 2.64. The van der Waals surface area contributed by atoms with E-state index in [0.717, 1.165) is 49.9 Å². The van der Waals surface area contributed by atoms with Gasteiger partial charge in [0.1, 0.15) is 0 Å². The molecule has 4 rings (SSSR count). The fourth-order valence-corrected chi connectivity index (χ4v) is 6.70. The Labute approximate surface area is 169 Å². The van der Waals surface area contributed by atoms with E-state index >= 15 is 0 Å².